The van der Waals surface area contributed by atoms with Gasteiger partial charge < -0.3 is 10.0 Å². The molecule has 1 aliphatic heterocycles. The first kappa shape index (κ1) is 28.8. The first-order valence-electron chi connectivity index (χ1n) is 14.3. The second kappa shape index (κ2) is 10.8. The quantitative estimate of drug-likeness (QED) is 0.184. The number of hydrogen-bond acceptors (Lipinski definition) is 4. The molecular formula is C38H32N3OPt-. The summed E-state index contributed by atoms with van der Waals surface area (Å²) in [6.45, 7) is 11.0. The van der Waals surface area contributed by atoms with Crippen molar-refractivity contribution in [3.05, 3.63) is 131 Å². The van der Waals surface area contributed by atoms with E-state index in [0.717, 1.165) is 39.4 Å². The van der Waals surface area contributed by atoms with Crippen LogP contribution in [0.2, 0.25) is 0 Å². The van der Waals surface area contributed by atoms with Crippen LogP contribution in [0.4, 0.5) is 17.2 Å². The van der Waals surface area contributed by atoms with Crippen LogP contribution in [0.1, 0.15) is 41.7 Å². The van der Waals surface area contributed by atoms with Crippen LogP contribution in [0.3, 0.4) is 0 Å². The number of nitrogens with zero attached hydrogens (tertiary/aromatic N) is 3. The summed E-state index contributed by atoms with van der Waals surface area (Å²) in [4.78, 5) is 12.0. The van der Waals surface area contributed by atoms with E-state index in [9.17, 15) is 5.11 Å². The fourth-order valence-corrected chi connectivity index (χ4v) is 6.63. The van der Waals surface area contributed by atoms with Crippen LogP contribution in [-0.2, 0) is 26.5 Å². The molecule has 0 spiro atoms. The number of aromatic nitrogens is 2. The van der Waals surface area contributed by atoms with E-state index >= 15 is 0 Å². The number of benzene rings is 4. The molecule has 0 unspecified atom stereocenters. The van der Waals surface area contributed by atoms with E-state index in [-0.39, 0.29) is 32.2 Å². The van der Waals surface area contributed by atoms with Gasteiger partial charge in [0.25, 0.3) is 0 Å². The molecule has 0 radical (unpaired) electrons. The molecule has 1 aliphatic rings. The molecule has 0 amide bonds. The topological polar surface area (TPSA) is 49.2 Å². The fourth-order valence-electron chi connectivity index (χ4n) is 6.63. The number of phenols is 1. The fraction of sp³-hybridized carbons (Fsp3) is 0.158. The molecule has 0 saturated heterocycles. The normalized spacial score (nSPS) is 13.3. The zero-order valence-corrected chi connectivity index (χ0v) is 27.1. The van der Waals surface area contributed by atoms with Crippen LogP contribution in [0.25, 0.3) is 33.3 Å². The summed E-state index contributed by atoms with van der Waals surface area (Å²) < 4.78 is 0. The van der Waals surface area contributed by atoms with Gasteiger partial charge in [0, 0.05) is 38.3 Å². The number of aromatic hydroxyl groups is 1. The van der Waals surface area contributed by atoms with Gasteiger partial charge in [0.15, 0.2) is 0 Å². The van der Waals surface area contributed by atoms with Crippen molar-refractivity contribution in [1.29, 1.82) is 0 Å². The van der Waals surface area contributed by atoms with Crippen molar-refractivity contribution in [2.45, 2.75) is 40.0 Å². The van der Waals surface area contributed by atoms with E-state index in [0.29, 0.717) is 5.52 Å². The van der Waals surface area contributed by atoms with Crippen LogP contribution in [0.15, 0.2) is 97.2 Å². The summed E-state index contributed by atoms with van der Waals surface area (Å²) in [5.74, 6) is 1.01. The van der Waals surface area contributed by atoms with E-state index in [1.165, 1.54) is 33.4 Å². The molecule has 5 heteroatoms. The monoisotopic (exact) mass is 741 g/mol. The molecule has 1 N–H and O–H groups in total. The number of rotatable bonds is 3. The molecular weight excluding hydrogens is 710 g/mol. The van der Waals surface area contributed by atoms with Gasteiger partial charge in [-0.2, -0.15) is 0 Å². The summed E-state index contributed by atoms with van der Waals surface area (Å²) in [5.41, 5.74) is 12.6. The molecule has 4 aromatic carbocycles. The molecule has 0 saturated carbocycles. The maximum atomic E-state index is 10.5. The van der Waals surface area contributed by atoms with Crippen LogP contribution in [-0.4, -0.2) is 15.1 Å². The molecule has 3 heterocycles. The van der Waals surface area contributed by atoms with Gasteiger partial charge in [-0.1, -0.05) is 79.6 Å². The van der Waals surface area contributed by atoms with Crippen molar-refractivity contribution in [3.63, 3.8) is 0 Å². The average molecular weight is 742 g/mol. The van der Waals surface area contributed by atoms with Crippen molar-refractivity contribution >= 4 is 28.1 Å². The molecule has 0 bridgehead atoms. The largest absolute Gasteiger partial charge is 0.506 e. The minimum atomic E-state index is -0.242. The zero-order chi connectivity index (χ0) is 29.2. The number of hydrogen-bond donors (Lipinski definition) is 1. The summed E-state index contributed by atoms with van der Waals surface area (Å²) in [7, 11) is 0. The zero-order valence-electron chi connectivity index (χ0n) is 24.8. The Morgan fingerprint density at radius 1 is 0.791 bits per heavy atom. The Hall–Kier alpha value is -4.27. The molecule has 43 heavy (non-hydrogen) atoms. The molecule has 216 valence electrons. The smallest absolute Gasteiger partial charge is 0.140 e. The van der Waals surface area contributed by atoms with Crippen molar-refractivity contribution < 1.29 is 26.2 Å². The number of anilines is 3. The van der Waals surface area contributed by atoms with Gasteiger partial charge in [-0.15, -0.1) is 23.8 Å². The van der Waals surface area contributed by atoms with Crippen molar-refractivity contribution in [2.75, 3.05) is 4.90 Å². The molecule has 7 rings (SSSR count). The SMILES string of the molecule is Cc1cc(C)c(-c2ccnc(N3c4[c-]c(-c5ccc6cccc(O)c6n5)ccc4C(C)(C)c4ccccc43)c2)c(C)c1.[Pt]. The first-order chi connectivity index (χ1) is 20.2. The third-order valence-electron chi connectivity index (χ3n) is 8.56. The average Bonchev–Trinajstić information content (AvgIpc) is 2.97. The maximum Gasteiger partial charge on any atom is 0.140 e. The van der Waals surface area contributed by atoms with E-state index in [2.05, 4.69) is 106 Å². The summed E-state index contributed by atoms with van der Waals surface area (Å²) in [6, 6.07) is 34.8. The number of pyridine rings is 2. The van der Waals surface area contributed by atoms with Gasteiger partial charge in [-0.25, -0.2) is 4.98 Å². The Labute approximate surface area is 267 Å². The predicted molar refractivity (Wildman–Crippen MR) is 172 cm³/mol. The standard InChI is InChI=1S/C38H32N3O.Pt/c1-23-19-24(2)36(25(3)20-23)28-17-18-39-35(22-28)41-32-11-7-6-10-29(32)38(4,5)30-15-13-27(21-33(30)41)31-16-14-26-9-8-12-34(42)37(26)40-31;/h6-20,22,42H,1-5H3;/q-1;. The van der Waals surface area contributed by atoms with Crippen molar-refractivity contribution in [3.8, 4) is 28.1 Å². The van der Waals surface area contributed by atoms with E-state index in [1.807, 2.05) is 30.5 Å². The number of aryl methyl sites for hydroxylation is 3. The summed E-state index contributed by atoms with van der Waals surface area (Å²) >= 11 is 0. The Morgan fingerprint density at radius 3 is 2.35 bits per heavy atom. The van der Waals surface area contributed by atoms with Gasteiger partial charge in [-0.05, 0) is 89.7 Å². The minimum Gasteiger partial charge on any atom is -0.506 e. The first-order valence-corrected chi connectivity index (χ1v) is 14.3. The Morgan fingerprint density at radius 2 is 1.56 bits per heavy atom. The molecule has 0 aliphatic carbocycles. The Bertz CT molecular complexity index is 2010. The third-order valence-corrected chi connectivity index (χ3v) is 8.56. The van der Waals surface area contributed by atoms with Gasteiger partial charge in [0.05, 0.1) is 0 Å². The van der Waals surface area contributed by atoms with Crippen LogP contribution in [0.5, 0.6) is 5.75 Å². The third kappa shape index (κ3) is 4.75. The molecule has 0 atom stereocenters. The van der Waals surface area contributed by atoms with Crippen LogP contribution >= 0.6 is 0 Å². The van der Waals surface area contributed by atoms with E-state index in [1.54, 1.807) is 6.07 Å². The number of phenolic OH excluding ortho intramolecular Hbond substituents is 1. The maximum absolute atomic E-state index is 10.5. The molecule has 4 nitrogen and oxygen atoms in total. The number of fused-ring (bicyclic) bond motifs is 3. The Kier molecular flexibility index (Phi) is 7.22. The van der Waals surface area contributed by atoms with Crippen molar-refractivity contribution in [1.82, 2.24) is 9.97 Å². The molecule has 0 fully saturated rings. The molecule has 6 aromatic rings. The Balaban J connectivity index is 0.00000329. The van der Waals surface area contributed by atoms with Gasteiger partial charge in [0.2, 0.25) is 0 Å². The minimum absolute atomic E-state index is 0. The summed E-state index contributed by atoms with van der Waals surface area (Å²) in [6.07, 6.45) is 1.91. The van der Waals surface area contributed by atoms with E-state index < -0.39 is 0 Å². The van der Waals surface area contributed by atoms with Crippen molar-refractivity contribution in [2.24, 2.45) is 0 Å². The van der Waals surface area contributed by atoms with Gasteiger partial charge in [0.1, 0.15) is 17.1 Å². The van der Waals surface area contributed by atoms with Gasteiger partial charge in [-0.3, -0.25) is 4.98 Å². The van der Waals surface area contributed by atoms with Crippen LogP contribution < -0.4 is 4.90 Å². The predicted octanol–water partition coefficient (Wildman–Crippen LogP) is 9.50. The second-order valence-electron chi connectivity index (χ2n) is 11.8. The van der Waals surface area contributed by atoms with Crippen LogP contribution in [0, 0.1) is 26.8 Å². The number of para-hydroxylation sites is 2. The molecule has 2 aromatic heterocycles. The van der Waals surface area contributed by atoms with E-state index in [4.69, 9.17) is 9.97 Å². The summed E-state index contributed by atoms with van der Waals surface area (Å²) in [5, 5.41) is 11.4. The van der Waals surface area contributed by atoms with Gasteiger partial charge >= 0.3 is 0 Å². The second-order valence-corrected chi connectivity index (χ2v) is 11.8.